The molecule has 24 heavy (non-hydrogen) atoms. The van der Waals surface area contributed by atoms with E-state index in [0.717, 1.165) is 0 Å². The number of ether oxygens (including phenoxy) is 3. The molecule has 0 aromatic rings. The van der Waals surface area contributed by atoms with Crippen LogP contribution in [0.5, 0.6) is 0 Å². The smallest absolute Gasteiger partial charge is 0.214 e. The van der Waals surface area contributed by atoms with Crippen molar-refractivity contribution in [2.45, 2.75) is 54.4 Å². The van der Waals surface area contributed by atoms with Crippen molar-refractivity contribution in [3.8, 4) is 0 Å². The summed E-state index contributed by atoms with van der Waals surface area (Å²) < 4.78 is 15.8. The Balaban J connectivity index is 2.88. The van der Waals surface area contributed by atoms with Gasteiger partial charge in [-0.1, -0.05) is 0 Å². The fourth-order valence-corrected chi connectivity index (χ4v) is 3.12. The molecule has 1 heterocycles. The highest BCUT2D eigenvalue weighted by molar-refractivity contribution is 6.21. The van der Waals surface area contributed by atoms with Crippen LogP contribution < -0.4 is 0 Å². The van der Waals surface area contributed by atoms with E-state index in [4.69, 9.17) is 54.1 Å². The third kappa shape index (κ3) is 4.83. The van der Waals surface area contributed by atoms with Gasteiger partial charge >= 0.3 is 0 Å². The van der Waals surface area contributed by atoms with Crippen LogP contribution in [-0.2, 0) is 14.2 Å². The molecule has 4 unspecified atom stereocenters. The molecule has 8 nitrogen and oxygen atoms in total. The first-order valence-corrected chi connectivity index (χ1v) is 8.76. The maximum absolute atomic E-state index is 10.2. The molecule has 1 aliphatic rings. The molecule has 0 saturated carbocycles. The summed E-state index contributed by atoms with van der Waals surface area (Å²) in [4.78, 5) is 0. The fraction of sp³-hybridized carbons (Fsp3) is 1.00. The predicted molar refractivity (Wildman–Crippen MR) is 86.3 cm³/mol. The third-order valence-corrected chi connectivity index (χ3v) is 4.95. The molecule has 0 bridgehead atoms. The zero-order valence-electron chi connectivity index (χ0n) is 13.0. The monoisotopic (exact) mass is 412 g/mol. The molecule has 5 N–H and O–H groups in total. The first-order valence-electron chi connectivity index (χ1n) is 7.25. The Hall–Kier alpha value is 0.550. The van der Waals surface area contributed by atoms with E-state index in [1.54, 1.807) is 0 Å². The number of aliphatic hydroxyl groups is 5. The summed E-state index contributed by atoms with van der Waals surface area (Å²) in [7, 11) is 1.19. The Kier molecular flexibility index (Phi) is 9.44. The van der Waals surface area contributed by atoms with E-state index in [2.05, 4.69) is 0 Å². The van der Waals surface area contributed by atoms with Gasteiger partial charge in [0.2, 0.25) is 5.79 Å². The lowest BCUT2D eigenvalue weighted by Gasteiger charge is -2.36. The van der Waals surface area contributed by atoms with E-state index >= 15 is 0 Å². The lowest BCUT2D eigenvalue weighted by atomic mass is 10.1. The number of rotatable bonds is 10. The largest absolute Gasteiger partial charge is 0.396 e. The Labute approximate surface area is 154 Å². The van der Waals surface area contributed by atoms with Crippen LogP contribution in [0.15, 0.2) is 0 Å². The van der Waals surface area contributed by atoms with Crippen molar-refractivity contribution in [3.63, 3.8) is 0 Å². The van der Waals surface area contributed by atoms with Crippen molar-refractivity contribution in [1.82, 2.24) is 0 Å². The Morgan fingerprint density at radius 3 is 2.25 bits per heavy atom. The van der Waals surface area contributed by atoms with Crippen LogP contribution in [0.3, 0.4) is 0 Å². The van der Waals surface area contributed by atoms with Gasteiger partial charge in [0, 0.05) is 13.7 Å². The molecule has 0 aromatic carbocycles. The molecule has 11 heteroatoms. The number of hydrogen-bond donors (Lipinski definition) is 5. The number of aliphatic hydroxyl groups excluding tert-OH is 5. The van der Waals surface area contributed by atoms with Gasteiger partial charge in [-0.3, -0.25) is 0 Å². The van der Waals surface area contributed by atoms with Crippen LogP contribution in [0.1, 0.15) is 6.42 Å². The first-order chi connectivity index (χ1) is 11.3. The normalized spacial score (nSPS) is 35.6. The maximum Gasteiger partial charge on any atom is 0.214 e. The number of alkyl halides is 3. The molecule has 0 aromatic heterocycles. The van der Waals surface area contributed by atoms with Gasteiger partial charge in [0.1, 0.15) is 30.5 Å². The highest BCUT2D eigenvalue weighted by Gasteiger charge is 2.56. The maximum atomic E-state index is 10.2. The molecule has 0 aliphatic carbocycles. The molecule has 0 radical (unpaired) electrons. The fourth-order valence-electron chi connectivity index (χ4n) is 2.34. The molecular weight excluding hydrogens is 390 g/mol. The van der Waals surface area contributed by atoms with E-state index in [0.29, 0.717) is 0 Å². The molecule has 0 spiro atoms. The zero-order chi connectivity index (χ0) is 18.5. The van der Waals surface area contributed by atoms with Crippen molar-refractivity contribution >= 4 is 34.8 Å². The van der Waals surface area contributed by atoms with Gasteiger partial charge in [0.05, 0.1) is 17.1 Å². The quantitative estimate of drug-likeness (QED) is 0.227. The minimum absolute atomic E-state index is 0.0308. The summed E-state index contributed by atoms with van der Waals surface area (Å²) in [6.45, 7) is -0.284. The van der Waals surface area contributed by atoms with Crippen LogP contribution in [0.2, 0.25) is 0 Å². The first kappa shape index (κ1) is 22.6. The average molecular weight is 414 g/mol. The SMILES string of the molecule is CO[C@@H](O[C@]1(CCl)O[C@H](CCl)C(O)C1O)C(O)C(O)[C@@H](Cl)CCO. The molecule has 8 atom stereocenters. The van der Waals surface area contributed by atoms with Gasteiger partial charge in [-0.05, 0) is 6.42 Å². The molecule has 1 fully saturated rings. The standard InChI is InChI=1S/C13H23Cl3O8/c1-22-12(10(20)8(18)6(16)2-3-17)24-13(5-15)11(21)9(19)7(4-14)23-13/h6-12,17-21H,2-5H2,1H3/t6-,7+,8?,9?,10?,11?,12-,13-/m0/s1. The molecule has 1 aliphatic heterocycles. The van der Waals surface area contributed by atoms with E-state index < -0.39 is 53.9 Å². The summed E-state index contributed by atoms with van der Waals surface area (Å²) in [5, 5.41) is 48.2. The highest BCUT2D eigenvalue weighted by atomic mass is 35.5. The van der Waals surface area contributed by atoms with E-state index in [1.807, 2.05) is 0 Å². The van der Waals surface area contributed by atoms with Crippen LogP contribution in [-0.4, -0.2) is 99.0 Å². The number of hydrogen-bond acceptors (Lipinski definition) is 8. The molecule has 144 valence electrons. The molecular formula is C13H23Cl3O8. The van der Waals surface area contributed by atoms with Crippen molar-refractivity contribution in [2.24, 2.45) is 0 Å². The third-order valence-electron chi connectivity index (χ3n) is 3.80. The minimum Gasteiger partial charge on any atom is -0.396 e. The van der Waals surface area contributed by atoms with Gasteiger partial charge in [-0.25, -0.2) is 0 Å². The average Bonchev–Trinajstić information content (AvgIpc) is 2.83. The van der Waals surface area contributed by atoms with E-state index in [9.17, 15) is 20.4 Å². The molecule has 1 saturated heterocycles. The van der Waals surface area contributed by atoms with Crippen molar-refractivity contribution in [2.75, 3.05) is 25.5 Å². The second-order valence-electron chi connectivity index (χ2n) is 5.42. The van der Waals surface area contributed by atoms with Gasteiger partial charge in [-0.2, -0.15) is 0 Å². The summed E-state index contributed by atoms with van der Waals surface area (Å²) >= 11 is 17.3. The highest BCUT2D eigenvalue weighted by Crippen LogP contribution is 2.36. The summed E-state index contributed by atoms with van der Waals surface area (Å²) in [6.07, 6.45) is -8.41. The van der Waals surface area contributed by atoms with Crippen molar-refractivity contribution in [1.29, 1.82) is 0 Å². The lowest BCUT2D eigenvalue weighted by molar-refractivity contribution is -0.331. The van der Waals surface area contributed by atoms with Gasteiger partial charge < -0.3 is 39.7 Å². The second-order valence-corrected chi connectivity index (χ2v) is 6.56. The van der Waals surface area contributed by atoms with Crippen LogP contribution >= 0.6 is 34.8 Å². The van der Waals surface area contributed by atoms with Gasteiger partial charge in [-0.15, -0.1) is 34.8 Å². The van der Waals surface area contributed by atoms with E-state index in [-0.39, 0.29) is 18.9 Å². The van der Waals surface area contributed by atoms with Crippen molar-refractivity contribution < 1.29 is 39.7 Å². The topological polar surface area (TPSA) is 129 Å². The zero-order valence-corrected chi connectivity index (χ0v) is 15.2. The molecule has 0 amide bonds. The number of methoxy groups -OCH3 is 1. The van der Waals surface area contributed by atoms with Crippen LogP contribution in [0, 0.1) is 0 Å². The summed E-state index contributed by atoms with van der Waals surface area (Å²) in [5.74, 6) is -2.41. The van der Waals surface area contributed by atoms with Gasteiger partial charge in [0.15, 0.2) is 6.29 Å². The van der Waals surface area contributed by atoms with Gasteiger partial charge in [0.25, 0.3) is 0 Å². The predicted octanol–water partition coefficient (Wildman–Crippen LogP) is -1.02. The Morgan fingerprint density at radius 2 is 1.83 bits per heavy atom. The summed E-state index contributed by atoms with van der Waals surface area (Å²) in [6, 6.07) is 0. The Bertz CT molecular complexity index is 379. The van der Waals surface area contributed by atoms with Crippen LogP contribution in [0.25, 0.3) is 0 Å². The lowest BCUT2D eigenvalue weighted by Crippen LogP contribution is -2.54. The Morgan fingerprint density at radius 1 is 1.21 bits per heavy atom. The van der Waals surface area contributed by atoms with Crippen molar-refractivity contribution in [3.05, 3.63) is 0 Å². The van der Waals surface area contributed by atoms with E-state index in [1.165, 1.54) is 7.11 Å². The summed E-state index contributed by atoms with van der Waals surface area (Å²) in [5.41, 5.74) is 0. The molecule has 1 rings (SSSR count). The van der Waals surface area contributed by atoms with Crippen LogP contribution in [0.4, 0.5) is 0 Å². The second kappa shape index (κ2) is 10.0. The minimum atomic E-state index is -1.89. The number of halogens is 3.